The third kappa shape index (κ3) is 24.1. The topological polar surface area (TPSA) is 607 Å². The van der Waals surface area contributed by atoms with Gasteiger partial charge in [0.15, 0.2) is 84.5 Å². The Morgan fingerprint density at radius 2 is 0.690 bits per heavy atom. The lowest BCUT2D eigenvalue weighted by atomic mass is 9.97. The van der Waals surface area contributed by atoms with Crippen LogP contribution < -0.4 is 48.6 Å². The van der Waals surface area contributed by atoms with E-state index in [1.165, 1.54) is 53.5 Å². The van der Waals surface area contributed by atoms with E-state index in [-0.39, 0.29) is 179 Å². The number of hydrogen-bond acceptors (Lipinski definition) is 45. The van der Waals surface area contributed by atoms with Gasteiger partial charge in [-0.3, -0.25) is 83.2 Å². The zero-order valence-corrected chi connectivity index (χ0v) is 79.7. The van der Waals surface area contributed by atoms with Crippen LogP contribution in [0.15, 0.2) is 19.0 Å². The highest BCUT2D eigenvalue weighted by Crippen LogP contribution is 2.63. The Bertz CT molecular complexity index is 4670. The van der Waals surface area contributed by atoms with Crippen molar-refractivity contribution in [3.63, 3.8) is 0 Å². The summed E-state index contributed by atoms with van der Waals surface area (Å²) in [6, 6.07) is -2.36. The number of anilines is 3. The Labute approximate surface area is 753 Å². The van der Waals surface area contributed by atoms with Crippen molar-refractivity contribution in [3.8, 4) is 17.6 Å². The van der Waals surface area contributed by atoms with Crippen LogP contribution in [-0.2, 0) is 112 Å². The van der Waals surface area contributed by atoms with Crippen LogP contribution in [0.3, 0.4) is 0 Å². The van der Waals surface area contributed by atoms with Gasteiger partial charge in [-0.25, -0.2) is 41.8 Å². The number of imidazole rings is 3. The van der Waals surface area contributed by atoms with Crippen molar-refractivity contribution in [1.82, 2.24) is 58.6 Å². The first-order valence-corrected chi connectivity index (χ1v) is 48.5. The molecule has 129 heavy (non-hydrogen) atoms. The Balaban J connectivity index is 0.000000201. The molecule has 0 spiro atoms. The second-order valence-corrected chi connectivity index (χ2v) is 42.0. The smallest absolute Gasteiger partial charge is 0.475 e. The van der Waals surface area contributed by atoms with E-state index in [4.69, 9.17) is 118 Å². The van der Waals surface area contributed by atoms with E-state index in [1.54, 1.807) is 104 Å². The van der Waals surface area contributed by atoms with E-state index in [9.17, 15) is 42.5 Å². The summed E-state index contributed by atoms with van der Waals surface area (Å²) in [4.78, 5) is 112. The van der Waals surface area contributed by atoms with Crippen LogP contribution in [0, 0.1) is 34.0 Å². The number of nitrogens with zero attached hydrogens (tertiary/aromatic N) is 12. The second kappa shape index (κ2) is 42.2. The number of aromatic nitrogens is 12. The van der Waals surface area contributed by atoms with Gasteiger partial charge in [-0.2, -0.15) is 29.9 Å². The van der Waals surface area contributed by atoms with Gasteiger partial charge in [0.1, 0.15) is 74.6 Å². The molecule has 12 heterocycles. The molecule has 6 aromatic rings. The summed E-state index contributed by atoms with van der Waals surface area (Å²) in [7, 11) is -12.6. The number of phosphoric acid groups is 3. The summed E-state index contributed by atoms with van der Waals surface area (Å²) in [5.41, 5.74) is 26.5. The number of nitrogen functional groups attached to an aromatic ring is 3. The van der Waals surface area contributed by atoms with Crippen LogP contribution >= 0.6 is 58.8 Å². The number of phosphoric ester groups is 3. The first-order valence-electron chi connectivity index (χ1n) is 41.2. The number of thioether (sulfide) groups is 3. The number of carbonyl (C=O) groups is 6. The molecule has 6 saturated heterocycles. The molecule has 12 rings (SSSR count). The minimum atomic E-state index is -4.20. The third-order valence-corrected chi connectivity index (χ3v) is 28.7. The highest BCUT2D eigenvalue weighted by Gasteiger charge is 2.65. The van der Waals surface area contributed by atoms with Crippen molar-refractivity contribution in [2.75, 3.05) is 114 Å². The molecule has 6 fully saturated rings. The molecule has 12 N–H and O–H groups in total. The Morgan fingerprint density at radius 3 is 0.915 bits per heavy atom. The molecule has 6 aliphatic rings. The summed E-state index contributed by atoms with van der Waals surface area (Å²) in [5.74, 6) is -1.66. The first-order chi connectivity index (χ1) is 60.3. The van der Waals surface area contributed by atoms with Gasteiger partial charge in [0.2, 0.25) is 35.5 Å². The zero-order chi connectivity index (χ0) is 95.2. The van der Waals surface area contributed by atoms with Gasteiger partial charge in [0, 0.05) is 17.3 Å². The van der Waals surface area contributed by atoms with E-state index < -0.39 is 148 Å². The van der Waals surface area contributed by atoms with E-state index in [1.807, 2.05) is 0 Å². The fourth-order valence-corrected chi connectivity index (χ4v) is 20.3. The molecular weight excluding hydrogens is 1830 g/mol. The molecular formula is C75H114F3N18O27P3S3. The van der Waals surface area contributed by atoms with Crippen molar-refractivity contribution in [3.05, 3.63) is 19.0 Å². The molecule has 45 nitrogen and oxygen atoms in total. The Morgan fingerprint density at radius 1 is 0.450 bits per heavy atom. The average Bonchev–Trinajstić information content (AvgIpc) is 1.59. The molecule has 54 heteroatoms. The number of carbonyl (C=O) groups excluding carboxylic acids is 6. The summed E-state index contributed by atoms with van der Waals surface area (Å²) >= 11 is 2.70. The van der Waals surface area contributed by atoms with Crippen molar-refractivity contribution in [1.29, 1.82) is 0 Å². The predicted molar refractivity (Wildman–Crippen MR) is 461 cm³/mol. The monoisotopic (exact) mass is 1940 g/mol. The zero-order valence-electron chi connectivity index (χ0n) is 74.6. The number of esters is 3. The number of ether oxygens (including phenoxy) is 9. The van der Waals surface area contributed by atoms with Crippen LogP contribution in [0.1, 0.15) is 143 Å². The van der Waals surface area contributed by atoms with E-state index in [0.29, 0.717) is 19.8 Å². The lowest BCUT2D eigenvalue weighted by Gasteiger charge is -2.33. The molecule has 18 atom stereocenters. The van der Waals surface area contributed by atoms with Gasteiger partial charge >= 0.3 is 41.4 Å². The van der Waals surface area contributed by atoms with Crippen molar-refractivity contribution >= 4 is 143 Å². The van der Waals surface area contributed by atoms with Gasteiger partial charge in [-0.15, -0.1) is 0 Å². The van der Waals surface area contributed by atoms with Crippen LogP contribution in [-0.4, -0.2) is 260 Å². The van der Waals surface area contributed by atoms with Gasteiger partial charge in [0.05, 0.1) is 94.7 Å². The number of rotatable bonds is 36. The lowest BCUT2D eigenvalue weighted by molar-refractivity contribution is -0.151. The van der Waals surface area contributed by atoms with Crippen LogP contribution in [0.2, 0.25) is 0 Å². The van der Waals surface area contributed by atoms with Crippen molar-refractivity contribution in [2.24, 2.45) is 51.2 Å². The van der Waals surface area contributed by atoms with Crippen molar-refractivity contribution < 1.29 is 139 Å². The highest BCUT2D eigenvalue weighted by molar-refractivity contribution is 8.14. The second-order valence-electron chi connectivity index (χ2n) is 34.0. The van der Waals surface area contributed by atoms with E-state index in [0.717, 1.165) is 35.3 Å². The van der Waals surface area contributed by atoms with Crippen LogP contribution in [0.25, 0.3) is 33.5 Å². The van der Waals surface area contributed by atoms with Gasteiger partial charge in [-0.05, 0) is 101 Å². The van der Waals surface area contributed by atoms with Crippen molar-refractivity contribution in [2.45, 2.75) is 215 Å². The molecule has 6 aliphatic heterocycles. The summed E-state index contributed by atoms with van der Waals surface area (Å²) in [5, 5.41) is -0.837. The number of alkyl halides is 3. The standard InChI is InChI=1S/3C25H38FN6O9PS/c3*1-7-36-19-16-18(30-23(28)31-19)32(12-29-16)21-25(6,26)17-14(40-21)10-39-42(35,41-17)38-8-9-43-22(34)24(4,5)11-37-20(33)15(27)13(2)3/h3*12-15,17,21H,7-11,27H2,1-6H3,(H2,28,30,31)/t14-,15+,17-,21-,25-,42?;14-,15+,17-,21-,25-,42+;14-,15+,17-,21-,25-,42-/m111/s1. The summed E-state index contributed by atoms with van der Waals surface area (Å²) in [6.07, 6.45) is -6.59. The molecule has 1 unspecified atom stereocenters. The van der Waals surface area contributed by atoms with Crippen LogP contribution in [0.4, 0.5) is 31.0 Å². The quantitative estimate of drug-likeness (QED) is 0.00930. The Hall–Kier alpha value is -7.20. The molecule has 0 amide bonds. The fraction of sp³-hybridized carbons (Fsp3) is 0.720. The minimum absolute atomic E-state index is 0.0862. The number of halogens is 3. The van der Waals surface area contributed by atoms with Crippen LogP contribution in [0.5, 0.6) is 17.6 Å². The number of nitrogens with two attached hydrogens (primary N) is 6. The normalized spacial score (nSPS) is 28.2. The van der Waals surface area contributed by atoms with Gasteiger partial charge in [-0.1, -0.05) is 76.8 Å². The molecule has 720 valence electrons. The minimum Gasteiger partial charge on any atom is -0.476 e. The van der Waals surface area contributed by atoms with Gasteiger partial charge in [0.25, 0.3) is 0 Å². The number of hydrogen-bond donors (Lipinski definition) is 6. The average molecular weight is 1950 g/mol. The Kier molecular flexibility index (Phi) is 33.9. The lowest BCUT2D eigenvalue weighted by Crippen LogP contribution is -2.44. The summed E-state index contributed by atoms with van der Waals surface area (Å²) < 4.78 is 191. The summed E-state index contributed by atoms with van der Waals surface area (Å²) in [6.45, 7) is 28.6. The molecule has 0 aromatic carbocycles. The molecule has 0 bridgehead atoms. The van der Waals surface area contributed by atoms with Gasteiger partial charge < -0.3 is 77.0 Å². The molecule has 0 saturated carbocycles. The highest BCUT2D eigenvalue weighted by atomic mass is 32.2. The largest absolute Gasteiger partial charge is 0.476 e. The predicted octanol–water partition coefficient (Wildman–Crippen LogP) is 8.36. The maximum absolute atomic E-state index is 16.3. The number of fused-ring (bicyclic) bond motifs is 6. The maximum Gasteiger partial charge on any atom is 0.475 e. The molecule has 0 aliphatic carbocycles. The third-order valence-electron chi connectivity index (χ3n) is 20.8. The molecule has 6 aromatic heterocycles. The SMILES string of the molecule is CCOc1nc(N)nc2c1ncn2[C@@H]1O[C@@H]2COP(=O)(OCCSC(=O)C(C)(C)COC(=O)[C@@H](N)C(C)C)O[C@H]2[C@@]1(C)F.CCOc1nc(N)nc2c1ncn2[C@@H]1O[C@@H]2CO[P@@](=O)(OCCSC(=O)C(C)(C)COC(=O)[C@@H](N)C(C)C)O[C@H]2[C@@]1(C)F.CCOc1nc(N)nc2c1ncn2[C@@H]1O[C@@H]2CO[P@](=O)(OCCSC(=O)C(C)(C)COC(=O)[C@@H](N)C(C)C)O[C@H]2[C@@]1(C)F. The molecule has 0 radical (unpaired) electrons. The van der Waals surface area contributed by atoms with E-state index in [2.05, 4.69) is 44.9 Å². The fourth-order valence-electron chi connectivity index (χ4n) is 13.2. The van der Waals surface area contributed by atoms with E-state index >= 15 is 13.2 Å². The first kappa shape index (κ1) is 104. The maximum atomic E-state index is 16.3.